The smallest absolute Gasteiger partial charge is 0.123 e. The molecule has 0 bridgehead atoms. The molecule has 2 fully saturated rings. The monoisotopic (exact) mass is 345 g/mol. The summed E-state index contributed by atoms with van der Waals surface area (Å²) in [5.41, 5.74) is 1.94. The maximum Gasteiger partial charge on any atom is 0.123 e. The topological polar surface area (TPSA) is 29.9 Å². The third kappa shape index (κ3) is 1.75. The van der Waals surface area contributed by atoms with Crippen molar-refractivity contribution in [2.24, 2.45) is 5.92 Å². The largest absolute Gasteiger partial charge is 0.317 e. The zero-order chi connectivity index (χ0) is 12.2. The second-order valence-electron chi connectivity index (χ2n) is 5.87. The van der Waals surface area contributed by atoms with E-state index in [0.29, 0.717) is 17.5 Å². The molecule has 1 aromatic heterocycles. The van der Waals surface area contributed by atoms with Crippen LogP contribution in [0.3, 0.4) is 0 Å². The molecule has 94 valence electrons. The second kappa shape index (κ2) is 3.95. The SMILES string of the molecule is CNC1CC2CC2(c2cc(I)nn2C(C)C)C1. The number of halogens is 1. The summed E-state index contributed by atoms with van der Waals surface area (Å²) < 4.78 is 3.39. The number of nitrogens with one attached hydrogen (secondary N) is 1. The van der Waals surface area contributed by atoms with E-state index in [1.807, 2.05) is 0 Å². The highest BCUT2D eigenvalue weighted by atomic mass is 127. The fraction of sp³-hybridized carbons (Fsp3) is 0.769. The minimum absolute atomic E-state index is 0.453. The van der Waals surface area contributed by atoms with Gasteiger partial charge in [-0.25, -0.2) is 0 Å². The Hall–Kier alpha value is -0.100. The average Bonchev–Trinajstić information content (AvgIpc) is 2.70. The minimum atomic E-state index is 0.453. The molecule has 1 N–H and O–H groups in total. The maximum absolute atomic E-state index is 4.66. The Balaban J connectivity index is 1.95. The van der Waals surface area contributed by atoms with Crippen LogP contribution in [0.2, 0.25) is 0 Å². The number of hydrogen-bond acceptors (Lipinski definition) is 2. The number of hydrogen-bond donors (Lipinski definition) is 1. The van der Waals surface area contributed by atoms with Crippen LogP contribution in [-0.4, -0.2) is 22.9 Å². The predicted molar refractivity (Wildman–Crippen MR) is 77.2 cm³/mol. The summed E-state index contributed by atoms with van der Waals surface area (Å²) in [5.74, 6) is 0.893. The van der Waals surface area contributed by atoms with E-state index in [1.165, 1.54) is 25.0 Å². The quantitative estimate of drug-likeness (QED) is 0.854. The van der Waals surface area contributed by atoms with Crippen molar-refractivity contribution in [1.29, 1.82) is 0 Å². The van der Waals surface area contributed by atoms with Gasteiger partial charge in [-0.05, 0) is 74.7 Å². The molecule has 3 unspecified atom stereocenters. The van der Waals surface area contributed by atoms with E-state index in [1.54, 1.807) is 0 Å². The Bertz CT molecular complexity index is 440. The molecule has 2 aliphatic carbocycles. The molecule has 1 aromatic rings. The first-order valence-electron chi connectivity index (χ1n) is 6.49. The van der Waals surface area contributed by atoms with E-state index in [2.05, 4.69) is 64.6 Å². The van der Waals surface area contributed by atoms with Gasteiger partial charge in [-0.2, -0.15) is 5.10 Å². The van der Waals surface area contributed by atoms with E-state index in [-0.39, 0.29) is 0 Å². The molecule has 0 amide bonds. The summed E-state index contributed by atoms with van der Waals surface area (Å²) in [4.78, 5) is 0. The van der Waals surface area contributed by atoms with E-state index < -0.39 is 0 Å². The molecule has 2 saturated carbocycles. The van der Waals surface area contributed by atoms with Crippen LogP contribution in [0.1, 0.15) is 44.8 Å². The fourth-order valence-electron chi connectivity index (χ4n) is 3.57. The van der Waals surface area contributed by atoms with Crippen LogP contribution in [0.5, 0.6) is 0 Å². The maximum atomic E-state index is 4.66. The summed E-state index contributed by atoms with van der Waals surface area (Å²) in [5, 5.41) is 8.10. The molecule has 3 atom stereocenters. The van der Waals surface area contributed by atoms with E-state index in [9.17, 15) is 0 Å². The second-order valence-corrected chi connectivity index (χ2v) is 6.98. The van der Waals surface area contributed by atoms with Gasteiger partial charge in [-0.3, -0.25) is 4.68 Å². The third-order valence-electron chi connectivity index (χ3n) is 4.53. The molecule has 4 heteroatoms. The van der Waals surface area contributed by atoms with Gasteiger partial charge in [0.1, 0.15) is 3.70 Å². The molecule has 0 aliphatic heterocycles. The Labute approximate surface area is 116 Å². The highest BCUT2D eigenvalue weighted by Crippen LogP contribution is 2.64. The fourth-order valence-corrected chi connectivity index (χ4v) is 4.10. The lowest BCUT2D eigenvalue weighted by Crippen LogP contribution is -2.26. The van der Waals surface area contributed by atoms with Crippen molar-refractivity contribution in [3.63, 3.8) is 0 Å². The van der Waals surface area contributed by atoms with Crippen molar-refractivity contribution in [1.82, 2.24) is 15.1 Å². The van der Waals surface area contributed by atoms with Crippen molar-refractivity contribution in [2.45, 2.75) is 50.6 Å². The van der Waals surface area contributed by atoms with Gasteiger partial charge in [-0.15, -0.1) is 0 Å². The first-order valence-corrected chi connectivity index (χ1v) is 7.57. The zero-order valence-electron chi connectivity index (χ0n) is 10.7. The van der Waals surface area contributed by atoms with Gasteiger partial charge in [0, 0.05) is 23.2 Å². The van der Waals surface area contributed by atoms with Crippen LogP contribution in [0, 0.1) is 9.62 Å². The van der Waals surface area contributed by atoms with E-state index in [0.717, 1.165) is 9.62 Å². The molecule has 0 aromatic carbocycles. The number of rotatable bonds is 3. The van der Waals surface area contributed by atoms with E-state index in [4.69, 9.17) is 0 Å². The molecule has 0 radical (unpaired) electrons. The summed E-state index contributed by atoms with van der Waals surface area (Å²) in [7, 11) is 2.09. The Morgan fingerprint density at radius 3 is 2.88 bits per heavy atom. The normalized spacial score (nSPS) is 35.4. The molecule has 0 spiro atoms. The molecular weight excluding hydrogens is 325 g/mol. The standard InChI is InChI=1S/C13H20IN3/c1-8(2)17-11(5-12(14)16-17)13-6-9(13)4-10(7-13)15-3/h5,8-10,15H,4,6-7H2,1-3H3. The van der Waals surface area contributed by atoms with Crippen molar-refractivity contribution >= 4 is 22.6 Å². The van der Waals surface area contributed by atoms with Gasteiger partial charge < -0.3 is 5.32 Å². The van der Waals surface area contributed by atoms with Crippen molar-refractivity contribution in [3.05, 3.63) is 15.5 Å². The number of aromatic nitrogens is 2. The van der Waals surface area contributed by atoms with Crippen LogP contribution >= 0.6 is 22.6 Å². The summed E-state index contributed by atoms with van der Waals surface area (Å²) >= 11 is 2.34. The first kappa shape index (κ1) is 12.0. The number of nitrogens with zero attached hydrogens (tertiary/aromatic N) is 2. The lowest BCUT2D eigenvalue weighted by molar-refractivity contribution is 0.451. The summed E-state index contributed by atoms with van der Waals surface area (Å²) in [6, 6.07) is 3.48. The molecule has 3 nitrogen and oxygen atoms in total. The van der Waals surface area contributed by atoms with Gasteiger partial charge in [0.2, 0.25) is 0 Å². The summed E-state index contributed by atoms with van der Waals surface area (Å²) in [6.07, 6.45) is 4.01. The molecule has 3 rings (SSSR count). The number of fused-ring (bicyclic) bond motifs is 1. The Morgan fingerprint density at radius 2 is 2.29 bits per heavy atom. The molecular formula is C13H20IN3. The van der Waals surface area contributed by atoms with Crippen molar-refractivity contribution in [2.75, 3.05) is 7.05 Å². The van der Waals surface area contributed by atoms with Crippen LogP contribution in [-0.2, 0) is 5.41 Å². The Kier molecular flexibility index (Phi) is 2.78. The predicted octanol–water partition coefficient (Wildman–Crippen LogP) is 2.71. The Morgan fingerprint density at radius 1 is 1.53 bits per heavy atom. The highest BCUT2D eigenvalue weighted by Gasteiger charge is 2.62. The third-order valence-corrected chi connectivity index (χ3v) is 5.05. The highest BCUT2D eigenvalue weighted by molar-refractivity contribution is 14.1. The van der Waals surface area contributed by atoms with Crippen LogP contribution in [0.15, 0.2) is 6.07 Å². The molecule has 1 heterocycles. The van der Waals surface area contributed by atoms with Crippen LogP contribution in [0.4, 0.5) is 0 Å². The lowest BCUT2D eigenvalue weighted by atomic mass is 9.97. The molecule has 2 aliphatic rings. The zero-order valence-corrected chi connectivity index (χ0v) is 12.9. The lowest BCUT2D eigenvalue weighted by Gasteiger charge is -2.19. The van der Waals surface area contributed by atoms with E-state index >= 15 is 0 Å². The van der Waals surface area contributed by atoms with Gasteiger partial charge in [0.25, 0.3) is 0 Å². The van der Waals surface area contributed by atoms with Crippen LogP contribution in [0.25, 0.3) is 0 Å². The minimum Gasteiger partial charge on any atom is -0.317 e. The first-order chi connectivity index (χ1) is 8.06. The van der Waals surface area contributed by atoms with Gasteiger partial charge >= 0.3 is 0 Å². The van der Waals surface area contributed by atoms with Gasteiger partial charge in [0.15, 0.2) is 0 Å². The average molecular weight is 345 g/mol. The van der Waals surface area contributed by atoms with Crippen LogP contribution < -0.4 is 5.32 Å². The summed E-state index contributed by atoms with van der Waals surface area (Å²) in [6.45, 7) is 4.45. The molecule has 17 heavy (non-hydrogen) atoms. The van der Waals surface area contributed by atoms with Crippen molar-refractivity contribution < 1.29 is 0 Å². The van der Waals surface area contributed by atoms with Gasteiger partial charge in [-0.1, -0.05) is 0 Å². The molecule has 0 saturated heterocycles. The van der Waals surface area contributed by atoms with Crippen molar-refractivity contribution in [3.8, 4) is 0 Å². The van der Waals surface area contributed by atoms with Gasteiger partial charge in [0.05, 0.1) is 0 Å².